The summed E-state index contributed by atoms with van der Waals surface area (Å²) in [5.41, 5.74) is 0.666. The van der Waals surface area contributed by atoms with Crippen molar-refractivity contribution in [2.45, 2.75) is 18.9 Å². The lowest BCUT2D eigenvalue weighted by molar-refractivity contribution is -0.141. The monoisotopic (exact) mass is 267 g/mol. The van der Waals surface area contributed by atoms with Crippen LogP contribution in [-0.2, 0) is 16.0 Å². The largest absolute Gasteiger partial charge is 0.480 e. The van der Waals surface area contributed by atoms with Crippen molar-refractivity contribution in [1.29, 1.82) is 0 Å². The van der Waals surface area contributed by atoms with Gasteiger partial charge in [-0.2, -0.15) is 0 Å². The lowest BCUT2D eigenvalue weighted by Gasteiger charge is -2.12. The number of nitrogens with one attached hydrogen (secondary N) is 1. The van der Waals surface area contributed by atoms with Crippen LogP contribution in [0.4, 0.5) is 0 Å². The quantitative estimate of drug-likeness (QED) is 0.775. The number of aliphatic carboxylic acids is 1. The second-order valence-electron chi connectivity index (χ2n) is 3.75. The van der Waals surface area contributed by atoms with E-state index in [1.807, 2.05) is 0 Å². The molecule has 4 nitrogen and oxygen atoms in total. The molecule has 18 heavy (non-hydrogen) atoms. The molecule has 0 aliphatic rings. The molecule has 96 valence electrons. The SMILES string of the molecule is C=CCC(NC(=O)Cc1ccccc1Cl)C(=O)O. The van der Waals surface area contributed by atoms with Crippen LogP contribution in [0, 0.1) is 0 Å². The average Bonchev–Trinajstić information content (AvgIpc) is 2.31. The van der Waals surface area contributed by atoms with Gasteiger partial charge < -0.3 is 10.4 Å². The van der Waals surface area contributed by atoms with E-state index >= 15 is 0 Å². The molecule has 1 atom stereocenters. The summed E-state index contributed by atoms with van der Waals surface area (Å²) >= 11 is 5.92. The fourth-order valence-corrected chi connectivity index (χ4v) is 1.65. The fourth-order valence-electron chi connectivity index (χ4n) is 1.45. The van der Waals surface area contributed by atoms with E-state index in [0.717, 1.165) is 0 Å². The molecule has 0 bridgehead atoms. The van der Waals surface area contributed by atoms with Gasteiger partial charge in [0, 0.05) is 5.02 Å². The Hall–Kier alpha value is -1.81. The van der Waals surface area contributed by atoms with Crippen molar-refractivity contribution in [3.05, 3.63) is 47.5 Å². The van der Waals surface area contributed by atoms with E-state index in [1.165, 1.54) is 6.08 Å². The van der Waals surface area contributed by atoms with Crippen LogP contribution >= 0.6 is 11.6 Å². The number of benzene rings is 1. The molecular weight excluding hydrogens is 254 g/mol. The van der Waals surface area contributed by atoms with Crippen LogP contribution in [0.2, 0.25) is 5.02 Å². The van der Waals surface area contributed by atoms with Crippen molar-refractivity contribution >= 4 is 23.5 Å². The maximum atomic E-state index is 11.7. The predicted octanol–water partition coefficient (Wildman–Crippen LogP) is 2.03. The molecular formula is C13H14ClNO3. The second-order valence-corrected chi connectivity index (χ2v) is 4.16. The molecule has 1 amide bonds. The Labute approximate surface area is 110 Å². The molecule has 0 aromatic heterocycles. The van der Waals surface area contributed by atoms with Crippen LogP contribution in [0.25, 0.3) is 0 Å². The van der Waals surface area contributed by atoms with E-state index in [-0.39, 0.29) is 18.7 Å². The van der Waals surface area contributed by atoms with Crippen molar-refractivity contribution in [2.24, 2.45) is 0 Å². The Balaban J connectivity index is 2.63. The van der Waals surface area contributed by atoms with Crippen LogP contribution in [-0.4, -0.2) is 23.0 Å². The Kier molecular flexibility index (Phi) is 5.39. The molecule has 0 aliphatic heterocycles. The molecule has 1 rings (SSSR count). The highest BCUT2D eigenvalue weighted by Gasteiger charge is 2.18. The van der Waals surface area contributed by atoms with Gasteiger partial charge in [0.1, 0.15) is 6.04 Å². The first-order valence-electron chi connectivity index (χ1n) is 5.41. The van der Waals surface area contributed by atoms with Gasteiger partial charge in [0.15, 0.2) is 0 Å². The van der Waals surface area contributed by atoms with E-state index in [0.29, 0.717) is 10.6 Å². The van der Waals surface area contributed by atoms with E-state index in [9.17, 15) is 9.59 Å². The van der Waals surface area contributed by atoms with Crippen LogP contribution in [0.1, 0.15) is 12.0 Å². The molecule has 0 aliphatic carbocycles. The Morgan fingerprint density at radius 3 is 2.67 bits per heavy atom. The van der Waals surface area contributed by atoms with Crippen LogP contribution < -0.4 is 5.32 Å². The molecule has 1 aromatic rings. The second kappa shape index (κ2) is 6.81. The standard InChI is InChI=1S/C13H14ClNO3/c1-2-5-11(13(17)18)15-12(16)8-9-6-3-4-7-10(9)14/h2-4,6-7,11H,1,5,8H2,(H,15,16)(H,17,18). The van der Waals surface area contributed by atoms with E-state index in [2.05, 4.69) is 11.9 Å². The number of carboxylic acid groups (broad SMARTS) is 1. The molecule has 0 spiro atoms. The zero-order chi connectivity index (χ0) is 13.5. The van der Waals surface area contributed by atoms with Gasteiger partial charge in [-0.1, -0.05) is 35.9 Å². The van der Waals surface area contributed by atoms with Crippen molar-refractivity contribution in [2.75, 3.05) is 0 Å². The fraction of sp³-hybridized carbons (Fsp3) is 0.231. The van der Waals surface area contributed by atoms with E-state index in [1.54, 1.807) is 24.3 Å². The molecule has 0 saturated heterocycles. The van der Waals surface area contributed by atoms with Crippen LogP contribution in [0.5, 0.6) is 0 Å². The van der Waals surface area contributed by atoms with Gasteiger partial charge in [-0.15, -0.1) is 6.58 Å². The smallest absolute Gasteiger partial charge is 0.326 e. The van der Waals surface area contributed by atoms with E-state index < -0.39 is 12.0 Å². The molecule has 0 fully saturated rings. The van der Waals surface area contributed by atoms with Gasteiger partial charge in [-0.3, -0.25) is 4.79 Å². The Morgan fingerprint density at radius 2 is 2.11 bits per heavy atom. The predicted molar refractivity (Wildman–Crippen MR) is 69.5 cm³/mol. The topological polar surface area (TPSA) is 66.4 Å². The summed E-state index contributed by atoms with van der Waals surface area (Å²) in [6.45, 7) is 3.45. The first kappa shape index (κ1) is 14.3. The third kappa shape index (κ3) is 4.22. The average molecular weight is 268 g/mol. The van der Waals surface area contributed by atoms with Crippen molar-refractivity contribution < 1.29 is 14.7 Å². The summed E-state index contributed by atoms with van der Waals surface area (Å²) in [5.74, 6) is -1.46. The number of carboxylic acids is 1. The summed E-state index contributed by atoms with van der Waals surface area (Å²) < 4.78 is 0. The first-order chi connectivity index (χ1) is 8.54. The number of halogens is 1. The lowest BCUT2D eigenvalue weighted by Crippen LogP contribution is -2.41. The summed E-state index contributed by atoms with van der Waals surface area (Å²) in [5, 5.41) is 11.8. The first-order valence-corrected chi connectivity index (χ1v) is 5.79. The Bertz CT molecular complexity index is 459. The maximum absolute atomic E-state index is 11.7. The zero-order valence-electron chi connectivity index (χ0n) is 9.73. The molecule has 2 N–H and O–H groups in total. The summed E-state index contributed by atoms with van der Waals surface area (Å²) in [6, 6.07) is 6.00. The maximum Gasteiger partial charge on any atom is 0.326 e. The summed E-state index contributed by atoms with van der Waals surface area (Å²) in [7, 11) is 0. The minimum atomic E-state index is -1.08. The number of rotatable bonds is 6. The summed E-state index contributed by atoms with van der Waals surface area (Å²) in [4.78, 5) is 22.5. The molecule has 1 unspecified atom stereocenters. The van der Waals surface area contributed by atoms with Gasteiger partial charge in [-0.25, -0.2) is 4.79 Å². The molecule has 0 radical (unpaired) electrons. The lowest BCUT2D eigenvalue weighted by atomic mass is 10.1. The molecule has 0 heterocycles. The van der Waals surface area contributed by atoms with Gasteiger partial charge in [-0.05, 0) is 18.1 Å². The highest BCUT2D eigenvalue weighted by Crippen LogP contribution is 2.15. The molecule has 5 heteroatoms. The number of hydrogen-bond donors (Lipinski definition) is 2. The molecule has 0 saturated carbocycles. The third-order valence-corrected chi connectivity index (χ3v) is 2.71. The highest BCUT2D eigenvalue weighted by atomic mass is 35.5. The molecule has 1 aromatic carbocycles. The number of amides is 1. The normalized spacial score (nSPS) is 11.6. The summed E-state index contributed by atoms with van der Waals surface area (Å²) in [6.07, 6.45) is 1.69. The van der Waals surface area contributed by atoms with Crippen LogP contribution in [0.3, 0.4) is 0 Å². The number of carbonyl (C=O) groups is 2. The van der Waals surface area contributed by atoms with E-state index in [4.69, 9.17) is 16.7 Å². The van der Waals surface area contributed by atoms with Crippen LogP contribution in [0.15, 0.2) is 36.9 Å². The van der Waals surface area contributed by atoms with Gasteiger partial charge >= 0.3 is 5.97 Å². The van der Waals surface area contributed by atoms with Crippen molar-refractivity contribution in [3.8, 4) is 0 Å². The van der Waals surface area contributed by atoms with Gasteiger partial charge in [0.05, 0.1) is 6.42 Å². The van der Waals surface area contributed by atoms with Crippen molar-refractivity contribution in [3.63, 3.8) is 0 Å². The zero-order valence-corrected chi connectivity index (χ0v) is 10.5. The minimum absolute atomic E-state index is 0.0561. The number of hydrogen-bond acceptors (Lipinski definition) is 2. The third-order valence-electron chi connectivity index (χ3n) is 2.34. The highest BCUT2D eigenvalue weighted by molar-refractivity contribution is 6.31. The minimum Gasteiger partial charge on any atom is -0.480 e. The van der Waals surface area contributed by atoms with Crippen molar-refractivity contribution in [1.82, 2.24) is 5.32 Å². The number of carbonyl (C=O) groups excluding carboxylic acids is 1. The van der Waals surface area contributed by atoms with Gasteiger partial charge in [0.2, 0.25) is 5.91 Å². The van der Waals surface area contributed by atoms with Gasteiger partial charge in [0.25, 0.3) is 0 Å². The Morgan fingerprint density at radius 1 is 1.44 bits per heavy atom.